The summed E-state index contributed by atoms with van der Waals surface area (Å²) in [7, 11) is 0. The number of aromatic nitrogens is 6. The van der Waals surface area contributed by atoms with Crippen LogP contribution in [-0.4, -0.2) is 34.3 Å². The average Bonchev–Trinajstić information content (AvgIpc) is 3.19. The number of anilines is 1. The van der Waals surface area contributed by atoms with Crippen molar-refractivity contribution in [2.24, 2.45) is 0 Å². The second-order valence-electron chi connectivity index (χ2n) is 8.59. The van der Waals surface area contributed by atoms with E-state index in [0.717, 1.165) is 22.6 Å². The third kappa shape index (κ3) is 3.76. The van der Waals surface area contributed by atoms with Crippen LogP contribution >= 0.6 is 11.6 Å². The first-order chi connectivity index (χ1) is 16.0. The van der Waals surface area contributed by atoms with Crippen LogP contribution in [0.15, 0.2) is 55.4 Å². The zero-order chi connectivity index (χ0) is 22.5. The Balaban J connectivity index is 1.16. The van der Waals surface area contributed by atoms with Gasteiger partial charge in [0.15, 0.2) is 5.78 Å². The van der Waals surface area contributed by atoms with E-state index in [1.807, 2.05) is 39.4 Å². The van der Waals surface area contributed by atoms with Crippen LogP contribution in [0.4, 0.5) is 5.82 Å². The van der Waals surface area contributed by atoms with Crippen LogP contribution in [-0.2, 0) is 13.0 Å². The molecule has 5 aromatic heterocycles. The predicted octanol–water partition coefficient (Wildman–Crippen LogP) is 4.16. The highest BCUT2D eigenvalue weighted by molar-refractivity contribution is 6.30. The van der Waals surface area contributed by atoms with Crippen molar-refractivity contribution in [2.45, 2.75) is 38.1 Å². The Bertz CT molecular complexity index is 1510. The van der Waals surface area contributed by atoms with Crippen molar-refractivity contribution < 1.29 is 4.79 Å². The first-order valence-electron chi connectivity index (χ1n) is 11.0. The number of fused-ring (bicyclic) bond motifs is 2. The summed E-state index contributed by atoms with van der Waals surface area (Å²) in [4.78, 5) is 22.0. The number of hydrogen-bond donors (Lipinski definition) is 1. The van der Waals surface area contributed by atoms with Gasteiger partial charge in [-0.15, -0.1) is 0 Å². The van der Waals surface area contributed by atoms with E-state index >= 15 is 0 Å². The Morgan fingerprint density at radius 3 is 2.94 bits per heavy atom. The summed E-state index contributed by atoms with van der Waals surface area (Å²) in [5.41, 5.74) is 11.5. The summed E-state index contributed by atoms with van der Waals surface area (Å²) in [6.07, 6.45) is 12.2. The number of imidazole rings is 2. The zero-order valence-electron chi connectivity index (χ0n) is 17.9. The van der Waals surface area contributed by atoms with Gasteiger partial charge in [-0.1, -0.05) is 17.7 Å². The van der Waals surface area contributed by atoms with Gasteiger partial charge in [0.1, 0.15) is 11.5 Å². The maximum Gasteiger partial charge on any atom is 0.166 e. The van der Waals surface area contributed by atoms with Gasteiger partial charge < -0.3 is 10.1 Å². The number of aryl methyl sites for hydroxylation is 1. The smallest absolute Gasteiger partial charge is 0.166 e. The Hall–Kier alpha value is -3.65. The molecular formula is C24H22ClN7O. The van der Waals surface area contributed by atoms with Crippen molar-refractivity contribution in [3.63, 3.8) is 0 Å². The second-order valence-corrected chi connectivity index (χ2v) is 9.03. The van der Waals surface area contributed by atoms with Gasteiger partial charge in [0.2, 0.25) is 0 Å². The SMILES string of the molecule is Nc1ccc(C2CC2)c2nc(Cn3cc(C(=O)CCc4ncn5ccc(Cl)cc45)cn3)cn12. The van der Waals surface area contributed by atoms with Crippen molar-refractivity contribution >= 4 is 34.4 Å². The van der Waals surface area contributed by atoms with E-state index in [1.165, 1.54) is 18.4 Å². The van der Waals surface area contributed by atoms with Crippen LogP contribution < -0.4 is 5.73 Å². The molecule has 0 aromatic carbocycles. The molecule has 6 rings (SSSR count). The third-order valence-electron chi connectivity index (χ3n) is 6.19. The average molecular weight is 460 g/mol. The topological polar surface area (TPSA) is 95.5 Å². The van der Waals surface area contributed by atoms with Gasteiger partial charge in [0.05, 0.1) is 41.5 Å². The number of carbonyl (C=O) groups excluding carboxylic acids is 1. The number of halogens is 1. The lowest BCUT2D eigenvalue weighted by Gasteiger charge is -2.03. The number of hydrogen-bond acceptors (Lipinski definition) is 5. The molecule has 0 saturated heterocycles. The number of ketones is 1. The Morgan fingerprint density at radius 2 is 2.09 bits per heavy atom. The molecule has 9 heteroatoms. The van der Waals surface area contributed by atoms with E-state index in [9.17, 15) is 4.79 Å². The molecule has 1 aliphatic carbocycles. The van der Waals surface area contributed by atoms with E-state index in [4.69, 9.17) is 22.3 Å². The lowest BCUT2D eigenvalue weighted by atomic mass is 10.1. The lowest BCUT2D eigenvalue weighted by Crippen LogP contribution is -2.02. The minimum atomic E-state index is 0.0275. The van der Waals surface area contributed by atoms with Crippen molar-refractivity contribution in [2.75, 3.05) is 5.73 Å². The molecule has 0 aliphatic heterocycles. The van der Waals surface area contributed by atoms with Gasteiger partial charge in [-0.3, -0.25) is 13.9 Å². The van der Waals surface area contributed by atoms with Gasteiger partial charge in [0, 0.05) is 30.0 Å². The summed E-state index contributed by atoms with van der Waals surface area (Å²) in [6, 6.07) is 7.70. The molecule has 33 heavy (non-hydrogen) atoms. The fraction of sp³-hybridized carbons (Fsp3) is 0.250. The minimum Gasteiger partial charge on any atom is -0.385 e. The molecule has 8 nitrogen and oxygen atoms in total. The summed E-state index contributed by atoms with van der Waals surface area (Å²) in [5.74, 6) is 1.28. The summed E-state index contributed by atoms with van der Waals surface area (Å²) < 4.78 is 5.59. The first-order valence-corrected chi connectivity index (χ1v) is 11.4. The summed E-state index contributed by atoms with van der Waals surface area (Å²) >= 11 is 6.10. The number of Topliss-reactive ketones (excluding diaryl/α,β-unsaturated/α-hetero) is 1. The zero-order valence-corrected chi connectivity index (χ0v) is 18.6. The molecule has 1 aliphatic rings. The highest BCUT2D eigenvalue weighted by atomic mass is 35.5. The molecule has 0 spiro atoms. The van der Waals surface area contributed by atoms with Crippen LogP contribution in [0, 0.1) is 0 Å². The van der Waals surface area contributed by atoms with Gasteiger partial charge in [-0.05, 0) is 48.9 Å². The summed E-state index contributed by atoms with van der Waals surface area (Å²) in [5, 5.41) is 5.03. The number of pyridine rings is 2. The van der Waals surface area contributed by atoms with E-state index < -0.39 is 0 Å². The molecule has 0 amide bonds. The van der Waals surface area contributed by atoms with Crippen LogP contribution in [0.3, 0.4) is 0 Å². The molecule has 0 radical (unpaired) electrons. The fourth-order valence-electron chi connectivity index (χ4n) is 4.29. The normalized spacial score (nSPS) is 13.8. The molecule has 0 atom stereocenters. The second kappa shape index (κ2) is 7.74. The number of nitrogens with zero attached hydrogens (tertiary/aromatic N) is 6. The monoisotopic (exact) mass is 459 g/mol. The largest absolute Gasteiger partial charge is 0.385 e. The number of nitrogen functional groups attached to an aromatic ring is 1. The van der Waals surface area contributed by atoms with Crippen molar-refractivity contribution in [1.29, 1.82) is 0 Å². The maximum atomic E-state index is 12.8. The molecule has 1 fully saturated rings. The van der Waals surface area contributed by atoms with Crippen LogP contribution in [0.5, 0.6) is 0 Å². The van der Waals surface area contributed by atoms with Crippen LogP contribution in [0.25, 0.3) is 11.2 Å². The quantitative estimate of drug-likeness (QED) is 0.369. The van der Waals surface area contributed by atoms with Crippen molar-refractivity contribution in [1.82, 2.24) is 28.5 Å². The minimum absolute atomic E-state index is 0.0275. The molecule has 2 N–H and O–H groups in total. The fourth-order valence-corrected chi connectivity index (χ4v) is 4.45. The molecular weight excluding hydrogens is 438 g/mol. The molecule has 166 valence electrons. The standard InChI is InChI=1S/C24H22ClN7O/c25-17-7-8-30-14-27-20(21(30)9-17)4-5-22(33)16-10-28-31(11-16)12-18-13-32-23(26)6-3-19(15-1-2-15)24(32)29-18/h3,6-11,13-15H,1-2,4-5,12,26H2. The Labute approximate surface area is 194 Å². The van der Waals surface area contributed by atoms with E-state index in [-0.39, 0.29) is 5.78 Å². The number of rotatable bonds is 7. The third-order valence-corrected chi connectivity index (χ3v) is 6.43. The van der Waals surface area contributed by atoms with Crippen LogP contribution in [0.2, 0.25) is 5.02 Å². The van der Waals surface area contributed by atoms with Gasteiger partial charge in [0.25, 0.3) is 0 Å². The maximum absolute atomic E-state index is 12.8. The van der Waals surface area contributed by atoms with Crippen molar-refractivity contribution in [3.05, 3.63) is 82.9 Å². The predicted molar refractivity (Wildman–Crippen MR) is 126 cm³/mol. The molecule has 0 unspecified atom stereocenters. The van der Waals surface area contributed by atoms with Gasteiger partial charge in [-0.2, -0.15) is 5.10 Å². The van der Waals surface area contributed by atoms with E-state index in [2.05, 4.69) is 16.1 Å². The number of carbonyl (C=O) groups is 1. The van der Waals surface area contributed by atoms with Crippen molar-refractivity contribution in [3.8, 4) is 0 Å². The van der Waals surface area contributed by atoms with Gasteiger partial charge in [-0.25, -0.2) is 9.97 Å². The Morgan fingerprint density at radius 1 is 1.21 bits per heavy atom. The molecule has 1 saturated carbocycles. The van der Waals surface area contributed by atoms with Gasteiger partial charge >= 0.3 is 0 Å². The summed E-state index contributed by atoms with van der Waals surface area (Å²) in [6.45, 7) is 0.475. The highest BCUT2D eigenvalue weighted by Crippen LogP contribution is 2.42. The molecule has 0 bridgehead atoms. The number of nitrogens with two attached hydrogens (primary N) is 1. The highest BCUT2D eigenvalue weighted by Gasteiger charge is 2.27. The molecule has 5 heterocycles. The van der Waals surface area contributed by atoms with E-state index in [0.29, 0.717) is 41.7 Å². The van der Waals surface area contributed by atoms with E-state index in [1.54, 1.807) is 23.4 Å². The first kappa shape index (κ1) is 20.0. The lowest BCUT2D eigenvalue weighted by molar-refractivity contribution is 0.0982. The molecule has 5 aromatic rings. The Kier molecular flexibility index (Phi) is 4.69. The van der Waals surface area contributed by atoms with Crippen LogP contribution in [0.1, 0.15) is 52.5 Å².